The summed E-state index contributed by atoms with van der Waals surface area (Å²) in [4.78, 5) is 17.1. The highest BCUT2D eigenvalue weighted by Crippen LogP contribution is 2.39. The second-order valence-corrected chi connectivity index (χ2v) is 8.17. The molecule has 1 saturated heterocycles. The molecule has 1 N–H and O–H groups in total. The minimum absolute atomic E-state index is 0.134. The maximum Gasteiger partial charge on any atom is 0.416 e. The molecule has 1 amide bonds. The van der Waals surface area contributed by atoms with Crippen LogP contribution in [0.1, 0.15) is 23.6 Å². The first-order valence-corrected chi connectivity index (χ1v) is 10.5. The average Bonchev–Trinajstić information content (AvgIpc) is 2.73. The summed E-state index contributed by atoms with van der Waals surface area (Å²) >= 11 is 0. The maximum absolute atomic E-state index is 13.2. The van der Waals surface area contributed by atoms with Gasteiger partial charge in [0.15, 0.2) is 0 Å². The molecule has 2 atom stereocenters. The molecule has 0 bridgehead atoms. The van der Waals surface area contributed by atoms with Gasteiger partial charge in [-0.15, -0.1) is 0 Å². The Kier molecular flexibility index (Phi) is 5.92. The van der Waals surface area contributed by atoms with Crippen LogP contribution >= 0.6 is 0 Å². The maximum atomic E-state index is 13.2. The summed E-state index contributed by atoms with van der Waals surface area (Å²) in [5, 5.41) is 2.85. The highest BCUT2D eigenvalue weighted by atomic mass is 19.4. The van der Waals surface area contributed by atoms with E-state index in [1.165, 1.54) is 24.3 Å². The number of anilines is 1. The van der Waals surface area contributed by atoms with Gasteiger partial charge < -0.3 is 10.2 Å². The first-order chi connectivity index (χ1) is 14.8. The molecular weight excluding hydrogens is 410 g/mol. The number of carbonyl (C=O) groups excluding carboxylic acids is 1. The molecule has 31 heavy (non-hydrogen) atoms. The van der Waals surface area contributed by atoms with Crippen molar-refractivity contribution in [3.8, 4) is 0 Å². The lowest BCUT2D eigenvalue weighted by Crippen LogP contribution is -2.60. The van der Waals surface area contributed by atoms with Gasteiger partial charge in [0.05, 0.1) is 17.5 Å². The highest BCUT2D eigenvalue weighted by Gasteiger charge is 2.42. The van der Waals surface area contributed by atoms with E-state index in [1.54, 1.807) is 12.1 Å². The third kappa shape index (κ3) is 4.54. The average molecular weight is 435 g/mol. The molecule has 8 heteroatoms. The molecule has 1 fully saturated rings. The minimum Gasteiger partial charge on any atom is -0.365 e. The molecule has 0 aliphatic carbocycles. The van der Waals surface area contributed by atoms with Gasteiger partial charge in [0.25, 0.3) is 0 Å². The van der Waals surface area contributed by atoms with E-state index in [9.17, 15) is 22.4 Å². The fourth-order valence-corrected chi connectivity index (χ4v) is 4.66. The third-order valence-electron chi connectivity index (χ3n) is 6.13. The van der Waals surface area contributed by atoms with Gasteiger partial charge in [-0.1, -0.05) is 12.1 Å². The summed E-state index contributed by atoms with van der Waals surface area (Å²) in [5.74, 6) is -0.858. The second kappa shape index (κ2) is 8.49. The van der Waals surface area contributed by atoms with Crippen LogP contribution in [0.25, 0.3) is 0 Å². The van der Waals surface area contributed by atoms with Crippen LogP contribution in [0, 0.1) is 11.7 Å². The van der Waals surface area contributed by atoms with E-state index in [2.05, 4.69) is 15.1 Å². The number of fused-ring (bicyclic) bond motifs is 3. The highest BCUT2D eigenvalue weighted by molar-refractivity contribution is 5.82. The van der Waals surface area contributed by atoms with Crippen LogP contribution in [0.5, 0.6) is 0 Å². The van der Waals surface area contributed by atoms with Gasteiger partial charge in [0.1, 0.15) is 5.82 Å². The largest absolute Gasteiger partial charge is 0.416 e. The van der Waals surface area contributed by atoms with Crippen molar-refractivity contribution in [2.75, 3.05) is 31.1 Å². The number of alkyl halides is 3. The zero-order chi connectivity index (χ0) is 22.2. The molecule has 2 aromatic rings. The van der Waals surface area contributed by atoms with Crippen molar-refractivity contribution in [1.29, 1.82) is 0 Å². The third-order valence-corrected chi connectivity index (χ3v) is 6.13. The number of rotatable bonds is 4. The van der Waals surface area contributed by atoms with Crippen molar-refractivity contribution in [2.24, 2.45) is 5.92 Å². The van der Waals surface area contributed by atoms with Gasteiger partial charge in [0.2, 0.25) is 5.91 Å². The van der Waals surface area contributed by atoms with Crippen molar-refractivity contribution in [3.63, 3.8) is 0 Å². The number of halogens is 4. The van der Waals surface area contributed by atoms with E-state index < -0.39 is 17.7 Å². The lowest BCUT2D eigenvalue weighted by atomic mass is 9.82. The van der Waals surface area contributed by atoms with Gasteiger partial charge in [-0.3, -0.25) is 9.69 Å². The Morgan fingerprint density at radius 3 is 2.55 bits per heavy atom. The van der Waals surface area contributed by atoms with Gasteiger partial charge in [-0.2, -0.15) is 13.2 Å². The minimum atomic E-state index is -4.42. The summed E-state index contributed by atoms with van der Waals surface area (Å²) in [7, 11) is 0. The molecular formula is C23H25F4N3O. The van der Waals surface area contributed by atoms with Crippen molar-refractivity contribution in [2.45, 2.75) is 32.1 Å². The summed E-state index contributed by atoms with van der Waals surface area (Å²) in [6.07, 6.45) is -4.14. The van der Waals surface area contributed by atoms with Crippen LogP contribution in [-0.2, 0) is 23.9 Å². The van der Waals surface area contributed by atoms with Crippen LogP contribution < -0.4 is 10.2 Å². The van der Waals surface area contributed by atoms with Crippen LogP contribution in [0.4, 0.5) is 23.2 Å². The molecule has 166 valence electrons. The molecule has 2 aliphatic heterocycles. The zero-order valence-electron chi connectivity index (χ0n) is 17.3. The number of nitrogens with zero attached hydrogens (tertiary/aromatic N) is 2. The molecule has 2 heterocycles. The Morgan fingerprint density at radius 2 is 1.87 bits per heavy atom. The Balaban J connectivity index is 1.61. The quantitative estimate of drug-likeness (QED) is 0.742. The van der Waals surface area contributed by atoms with E-state index in [0.717, 1.165) is 17.3 Å². The summed E-state index contributed by atoms with van der Waals surface area (Å²) in [6.45, 7) is 4.86. The Bertz CT molecular complexity index is 945. The van der Waals surface area contributed by atoms with Gasteiger partial charge in [-0.05, 0) is 54.8 Å². The van der Waals surface area contributed by atoms with Gasteiger partial charge >= 0.3 is 6.18 Å². The fourth-order valence-electron chi connectivity index (χ4n) is 4.66. The van der Waals surface area contributed by atoms with Crippen LogP contribution in [0.15, 0.2) is 42.5 Å². The first kappa shape index (κ1) is 21.6. The second-order valence-electron chi connectivity index (χ2n) is 8.17. The van der Waals surface area contributed by atoms with Crippen molar-refractivity contribution in [1.82, 2.24) is 10.2 Å². The van der Waals surface area contributed by atoms with Crippen molar-refractivity contribution >= 4 is 11.6 Å². The fraction of sp³-hybridized carbons (Fsp3) is 0.435. The van der Waals surface area contributed by atoms with Crippen LogP contribution in [0.3, 0.4) is 0 Å². The standard InChI is InChI=1S/C23H25F4N3O/c1-2-28-22(31)19-12-16-11-17(23(25,26)27)5-8-20(16)30-10-9-29(14-21(19)30)13-15-3-6-18(24)7-4-15/h3-8,11,19,21H,2,9-10,12-14H2,1H3,(H,28,31)/t19-,21-/m0/s1. The van der Waals surface area contributed by atoms with E-state index in [0.29, 0.717) is 38.3 Å². The van der Waals surface area contributed by atoms with Crippen molar-refractivity contribution < 1.29 is 22.4 Å². The summed E-state index contributed by atoms with van der Waals surface area (Å²) in [5.41, 5.74) is 1.64. The molecule has 0 spiro atoms. The topological polar surface area (TPSA) is 35.6 Å². The number of amides is 1. The molecule has 0 saturated carbocycles. The summed E-state index contributed by atoms with van der Waals surface area (Å²) in [6, 6.07) is 10.1. The van der Waals surface area contributed by atoms with E-state index in [-0.39, 0.29) is 24.2 Å². The molecule has 2 aliphatic rings. The van der Waals surface area contributed by atoms with Gasteiger partial charge in [0, 0.05) is 38.4 Å². The van der Waals surface area contributed by atoms with E-state index in [4.69, 9.17) is 0 Å². The number of hydrogen-bond acceptors (Lipinski definition) is 3. The summed E-state index contributed by atoms with van der Waals surface area (Å²) < 4.78 is 52.9. The normalized spacial score (nSPS) is 21.4. The Labute approximate surface area is 178 Å². The Morgan fingerprint density at radius 1 is 1.13 bits per heavy atom. The lowest BCUT2D eigenvalue weighted by molar-refractivity contribution is -0.137. The first-order valence-electron chi connectivity index (χ1n) is 10.5. The number of hydrogen-bond donors (Lipinski definition) is 1. The molecule has 0 unspecified atom stereocenters. The van der Waals surface area contributed by atoms with Crippen molar-refractivity contribution in [3.05, 3.63) is 65.0 Å². The van der Waals surface area contributed by atoms with Crippen LogP contribution in [0.2, 0.25) is 0 Å². The SMILES string of the molecule is CCNC(=O)[C@H]1Cc2cc(C(F)(F)F)ccc2N2CCN(Cc3ccc(F)cc3)C[C@@H]12. The predicted molar refractivity (Wildman–Crippen MR) is 110 cm³/mol. The molecule has 0 aromatic heterocycles. The zero-order valence-corrected chi connectivity index (χ0v) is 17.3. The molecule has 4 rings (SSSR count). The molecule has 2 aromatic carbocycles. The Hall–Kier alpha value is -2.61. The molecule has 4 nitrogen and oxygen atoms in total. The predicted octanol–water partition coefficient (Wildman–Crippen LogP) is 3.84. The van der Waals surface area contributed by atoms with Gasteiger partial charge in [-0.25, -0.2) is 4.39 Å². The molecule has 0 radical (unpaired) electrons. The smallest absolute Gasteiger partial charge is 0.365 e. The number of benzene rings is 2. The number of carbonyl (C=O) groups is 1. The monoisotopic (exact) mass is 435 g/mol. The van der Waals surface area contributed by atoms with Crippen LogP contribution in [-0.4, -0.2) is 43.0 Å². The van der Waals surface area contributed by atoms with E-state index in [1.807, 2.05) is 6.92 Å². The van der Waals surface area contributed by atoms with E-state index >= 15 is 0 Å². The number of nitrogens with one attached hydrogen (secondary N) is 1. The number of piperazine rings is 1. The lowest BCUT2D eigenvalue weighted by Gasteiger charge is -2.49.